The fraction of sp³-hybridized carbons (Fsp3) is 0.167. The van der Waals surface area contributed by atoms with Gasteiger partial charge in [-0.1, -0.05) is 12.1 Å². The fourth-order valence-electron chi connectivity index (χ4n) is 1.38. The van der Waals surface area contributed by atoms with E-state index in [4.69, 9.17) is 9.84 Å². The highest BCUT2D eigenvalue weighted by Gasteiger charge is 2.06. The van der Waals surface area contributed by atoms with Gasteiger partial charge in [-0.3, -0.25) is 9.48 Å². The Morgan fingerprint density at radius 1 is 1.44 bits per heavy atom. The molecule has 1 aromatic carbocycles. The molecular weight excluding hydrogens is 239 g/mol. The third kappa shape index (κ3) is 3.07. The van der Waals surface area contributed by atoms with Gasteiger partial charge in [-0.25, -0.2) is 4.39 Å². The number of hydrogen-bond donors (Lipinski definition) is 1. The maximum Gasteiger partial charge on any atom is 0.305 e. The predicted octanol–water partition coefficient (Wildman–Crippen LogP) is 2.29. The van der Waals surface area contributed by atoms with Crippen LogP contribution in [0.1, 0.15) is 6.42 Å². The van der Waals surface area contributed by atoms with E-state index in [1.807, 2.05) is 0 Å². The van der Waals surface area contributed by atoms with Crippen LogP contribution in [0.15, 0.2) is 36.7 Å². The number of ether oxygens (including phenoxy) is 1. The minimum atomic E-state index is -0.901. The van der Waals surface area contributed by atoms with Gasteiger partial charge in [-0.05, 0) is 12.1 Å². The smallest absolute Gasteiger partial charge is 0.305 e. The molecule has 1 N–H and O–H groups in total. The molecule has 0 fully saturated rings. The lowest BCUT2D eigenvalue weighted by molar-refractivity contribution is -0.137. The van der Waals surface area contributed by atoms with Crippen LogP contribution >= 0.6 is 0 Å². The van der Waals surface area contributed by atoms with Crippen molar-refractivity contribution in [2.45, 2.75) is 13.0 Å². The van der Waals surface area contributed by atoms with Crippen LogP contribution in [0.3, 0.4) is 0 Å². The number of benzene rings is 1. The number of aliphatic carboxylic acids is 1. The molecule has 94 valence electrons. The second-order valence-electron chi connectivity index (χ2n) is 3.62. The number of aryl methyl sites for hydroxylation is 1. The lowest BCUT2D eigenvalue weighted by Crippen LogP contribution is -2.04. The van der Waals surface area contributed by atoms with Crippen LogP contribution in [0.4, 0.5) is 4.39 Å². The Kier molecular flexibility index (Phi) is 3.57. The average molecular weight is 250 g/mol. The molecule has 1 aromatic heterocycles. The molecule has 1 heterocycles. The summed E-state index contributed by atoms with van der Waals surface area (Å²) in [6.07, 6.45) is 2.91. The molecule has 0 atom stereocenters. The van der Waals surface area contributed by atoms with Gasteiger partial charge in [-0.15, -0.1) is 0 Å². The molecule has 0 saturated heterocycles. The molecule has 0 bridgehead atoms. The first kappa shape index (κ1) is 12.1. The number of para-hydroxylation sites is 1. The number of carboxylic acids is 1. The number of rotatable bonds is 5. The van der Waals surface area contributed by atoms with E-state index in [1.54, 1.807) is 12.1 Å². The van der Waals surface area contributed by atoms with Gasteiger partial charge in [-0.2, -0.15) is 5.10 Å². The number of halogens is 1. The third-order valence-electron chi connectivity index (χ3n) is 2.23. The predicted molar refractivity (Wildman–Crippen MR) is 61.0 cm³/mol. The second-order valence-corrected chi connectivity index (χ2v) is 3.62. The maximum absolute atomic E-state index is 13.3. The third-order valence-corrected chi connectivity index (χ3v) is 2.23. The molecule has 0 radical (unpaired) electrons. The normalized spacial score (nSPS) is 10.3. The van der Waals surface area contributed by atoms with Crippen LogP contribution in [-0.4, -0.2) is 20.9 Å². The molecule has 0 aliphatic rings. The Morgan fingerprint density at radius 3 is 2.94 bits per heavy atom. The summed E-state index contributed by atoms with van der Waals surface area (Å²) in [4.78, 5) is 10.4. The molecular formula is C12H11FN2O3. The molecule has 2 rings (SSSR count). The zero-order valence-electron chi connectivity index (χ0n) is 9.41. The van der Waals surface area contributed by atoms with Gasteiger partial charge < -0.3 is 9.84 Å². The van der Waals surface area contributed by atoms with Crippen molar-refractivity contribution in [2.75, 3.05) is 0 Å². The fourth-order valence-corrected chi connectivity index (χ4v) is 1.38. The van der Waals surface area contributed by atoms with Crippen LogP contribution in [-0.2, 0) is 11.3 Å². The summed E-state index contributed by atoms with van der Waals surface area (Å²) in [5.74, 6) is -0.890. The topological polar surface area (TPSA) is 64.3 Å². The summed E-state index contributed by atoms with van der Waals surface area (Å²) < 4.78 is 20.0. The van der Waals surface area contributed by atoms with Gasteiger partial charge in [0.2, 0.25) is 0 Å². The molecule has 5 nitrogen and oxygen atoms in total. The summed E-state index contributed by atoms with van der Waals surface area (Å²) in [5.41, 5.74) is 0. The standard InChI is InChI=1S/C12H11FN2O3/c13-10-3-1-2-4-11(10)18-9-7-14-15(8-9)6-5-12(16)17/h1-4,7-8H,5-6H2,(H,16,17). The van der Waals surface area contributed by atoms with Crippen LogP contribution < -0.4 is 4.74 Å². The number of nitrogens with zero attached hydrogens (tertiary/aromatic N) is 2. The van der Waals surface area contributed by atoms with Gasteiger partial charge in [0, 0.05) is 0 Å². The van der Waals surface area contributed by atoms with E-state index in [-0.39, 0.29) is 18.7 Å². The highest BCUT2D eigenvalue weighted by atomic mass is 19.1. The van der Waals surface area contributed by atoms with E-state index in [0.29, 0.717) is 5.75 Å². The summed E-state index contributed by atoms with van der Waals surface area (Å²) in [6.45, 7) is 0.246. The van der Waals surface area contributed by atoms with Crippen molar-refractivity contribution in [3.63, 3.8) is 0 Å². The summed E-state index contributed by atoms with van der Waals surface area (Å²) in [7, 11) is 0. The molecule has 0 amide bonds. The lowest BCUT2D eigenvalue weighted by atomic mass is 10.3. The molecule has 0 saturated carbocycles. The van der Waals surface area contributed by atoms with Crippen molar-refractivity contribution in [3.8, 4) is 11.5 Å². The number of aromatic nitrogens is 2. The van der Waals surface area contributed by atoms with Crippen LogP contribution in [0.25, 0.3) is 0 Å². The first-order valence-electron chi connectivity index (χ1n) is 5.32. The van der Waals surface area contributed by atoms with Gasteiger partial charge >= 0.3 is 5.97 Å². The molecule has 0 spiro atoms. The summed E-state index contributed by atoms with van der Waals surface area (Å²) >= 11 is 0. The van der Waals surface area contributed by atoms with Crippen LogP contribution in [0, 0.1) is 5.82 Å². The lowest BCUT2D eigenvalue weighted by Gasteiger charge is -2.02. The van der Waals surface area contributed by atoms with Crippen LogP contribution in [0.2, 0.25) is 0 Å². The minimum Gasteiger partial charge on any atom is -0.481 e. The SMILES string of the molecule is O=C(O)CCn1cc(Oc2ccccc2F)cn1. The quantitative estimate of drug-likeness (QED) is 0.884. The van der Waals surface area contributed by atoms with E-state index >= 15 is 0 Å². The molecule has 6 heteroatoms. The van der Waals surface area contributed by atoms with Crippen molar-refractivity contribution >= 4 is 5.97 Å². The molecule has 18 heavy (non-hydrogen) atoms. The molecule has 2 aromatic rings. The monoisotopic (exact) mass is 250 g/mol. The Bertz CT molecular complexity index is 554. The zero-order chi connectivity index (χ0) is 13.0. The van der Waals surface area contributed by atoms with E-state index < -0.39 is 11.8 Å². The highest BCUT2D eigenvalue weighted by Crippen LogP contribution is 2.23. The van der Waals surface area contributed by atoms with Crippen LogP contribution in [0.5, 0.6) is 11.5 Å². The van der Waals surface area contributed by atoms with Gasteiger partial charge in [0.25, 0.3) is 0 Å². The maximum atomic E-state index is 13.3. The average Bonchev–Trinajstić information content (AvgIpc) is 2.77. The summed E-state index contributed by atoms with van der Waals surface area (Å²) in [6, 6.07) is 6.03. The molecule has 0 aliphatic carbocycles. The first-order valence-corrected chi connectivity index (χ1v) is 5.32. The number of carboxylic acid groups (broad SMARTS) is 1. The van der Waals surface area contributed by atoms with Gasteiger partial charge in [0.15, 0.2) is 17.3 Å². The van der Waals surface area contributed by atoms with Gasteiger partial charge in [0.1, 0.15) is 0 Å². The largest absolute Gasteiger partial charge is 0.481 e. The number of hydrogen-bond acceptors (Lipinski definition) is 3. The zero-order valence-corrected chi connectivity index (χ0v) is 9.41. The molecule has 0 aliphatic heterocycles. The highest BCUT2D eigenvalue weighted by molar-refractivity contribution is 5.66. The van der Waals surface area contributed by atoms with E-state index in [2.05, 4.69) is 5.10 Å². The second kappa shape index (κ2) is 5.31. The first-order chi connectivity index (χ1) is 8.65. The van der Waals surface area contributed by atoms with E-state index in [1.165, 1.54) is 29.2 Å². The van der Waals surface area contributed by atoms with Crippen molar-refractivity contribution in [2.24, 2.45) is 0 Å². The van der Waals surface area contributed by atoms with Crippen molar-refractivity contribution in [1.82, 2.24) is 9.78 Å². The van der Waals surface area contributed by atoms with E-state index in [9.17, 15) is 9.18 Å². The number of carbonyl (C=O) groups is 1. The Hall–Kier alpha value is -2.37. The van der Waals surface area contributed by atoms with Crippen molar-refractivity contribution in [3.05, 3.63) is 42.5 Å². The molecule has 0 unspecified atom stereocenters. The summed E-state index contributed by atoms with van der Waals surface area (Å²) in [5, 5.41) is 12.5. The minimum absolute atomic E-state index is 0.0270. The van der Waals surface area contributed by atoms with Gasteiger partial charge in [0.05, 0.1) is 25.4 Å². The van der Waals surface area contributed by atoms with Crippen molar-refractivity contribution in [1.29, 1.82) is 0 Å². The Labute approximate surface area is 102 Å². The van der Waals surface area contributed by atoms with E-state index in [0.717, 1.165) is 0 Å². The Balaban J connectivity index is 2.02. The van der Waals surface area contributed by atoms with Crippen molar-refractivity contribution < 1.29 is 19.0 Å². The Morgan fingerprint density at radius 2 is 2.22 bits per heavy atom.